The van der Waals surface area contributed by atoms with Crippen LogP contribution in [-0.2, 0) is 11.2 Å². The fraction of sp³-hybridized carbons (Fsp3) is 0.125. The Kier molecular flexibility index (Phi) is 4.94. The number of benzene rings is 2. The van der Waals surface area contributed by atoms with Crippen LogP contribution in [0.25, 0.3) is 0 Å². The van der Waals surface area contributed by atoms with Crippen LogP contribution in [0.4, 0.5) is 0 Å². The lowest BCUT2D eigenvalue weighted by Gasteiger charge is -2.04. The Morgan fingerprint density at radius 1 is 0.950 bits per heavy atom. The van der Waals surface area contributed by atoms with Crippen molar-refractivity contribution in [2.24, 2.45) is 0 Å². The molecule has 102 valence electrons. The van der Waals surface area contributed by atoms with E-state index in [1.54, 1.807) is 42.5 Å². The smallest absolute Gasteiger partial charge is 0.221 e. The molecular formula is C16H12Cl2O2. The molecule has 0 radical (unpaired) electrons. The minimum Gasteiger partial charge on any atom is -0.289 e. The summed E-state index contributed by atoms with van der Waals surface area (Å²) in [6.45, 7) is 0. The van der Waals surface area contributed by atoms with Gasteiger partial charge in [0.2, 0.25) is 5.24 Å². The van der Waals surface area contributed by atoms with Crippen LogP contribution in [0, 0.1) is 0 Å². The number of rotatable bonds is 5. The van der Waals surface area contributed by atoms with E-state index < -0.39 is 0 Å². The SMILES string of the molecule is O=C(Cl)CCc1cccc(C(=O)c2ccc(Cl)cc2)c1. The van der Waals surface area contributed by atoms with Gasteiger partial charge < -0.3 is 0 Å². The van der Waals surface area contributed by atoms with Crippen molar-refractivity contribution >= 4 is 34.2 Å². The predicted octanol–water partition coefficient (Wildman–Crippen LogP) is 4.27. The molecule has 0 aliphatic heterocycles. The summed E-state index contributed by atoms with van der Waals surface area (Å²) in [5, 5.41) is 0.218. The molecule has 0 amide bonds. The molecule has 4 heteroatoms. The monoisotopic (exact) mass is 306 g/mol. The van der Waals surface area contributed by atoms with Gasteiger partial charge in [-0.25, -0.2) is 0 Å². The maximum atomic E-state index is 12.3. The van der Waals surface area contributed by atoms with Gasteiger partial charge in [-0.3, -0.25) is 9.59 Å². The summed E-state index contributed by atoms with van der Waals surface area (Å²) >= 11 is 11.1. The number of carbonyl (C=O) groups is 2. The molecule has 0 bridgehead atoms. The van der Waals surface area contributed by atoms with Crippen molar-refractivity contribution in [3.63, 3.8) is 0 Å². The van der Waals surface area contributed by atoms with E-state index in [1.165, 1.54) is 0 Å². The van der Waals surface area contributed by atoms with Crippen molar-refractivity contribution < 1.29 is 9.59 Å². The first kappa shape index (κ1) is 14.8. The van der Waals surface area contributed by atoms with E-state index in [-0.39, 0.29) is 17.4 Å². The van der Waals surface area contributed by atoms with Crippen molar-refractivity contribution in [2.75, 3.05) is 0 Å². The van der Waals surface area contributed by atoms with E-state index in [2.05, 4.69) is 0 Å². The Morgan fingerprint density at radius 2 is 1.65 bits per heavy atom. The summed E-state index contributed by atoms with van der Waals surface area (Å²) in [5.74, 6) is -0.0688. The summed E-state index contributed by atoms with van der Waals surface area (Å²) in [5.41, 5.74) is 2.09. The van der Waals surface area contributed by atoms with Crippen molar-refractivity contribution in [1.82, 2.24) is 0 Å². The van der Waals surface area contributed by atoms with Gasteiger partial charge in [0, 0.05) is 22.6 Å². The van der Waals surface area contributed by atoms with Crippen LogP contribution in [0.15, 0.2) is 48.5 Å². The van der Waals surface area contributed by atoms with E-state index in [0.29, 0.717) is 22.6 Å². The molecule has 20 heavy (non-hydrogen) atoms. The zero-order chi connectivity index (χ0) is 14.5. The largest absolute Gasteiger partial charge is 0.289 e. The second kappa shape index (κ2) is 6.69. The van der Waals surface area contributed by atoms with Crippen LogP contribution >= 0.6 is 23.2 Å². The first-order valence-corrected chi connectivity index (χ1v) is 6.89. The number of hydrogen-bond acceptors (Lipinski definition) is 2. The van der Waals surface area contributed by atoms with Gasteiger partial charge in [-0.2, -0.15) is 0 Å². The molecule has 0 N–H and O–H groups in total. The summed E-state index contributed by atoms with van der Waals surface area (Å²) in [6, 6.07) is 14.0. The molecule has 2 nitrogen and oxygen atoms in total. The van der Waals surface area contributed by atoms with E-state index in [0.717, 1.165) is 5.56 Å². The maximum absolute atomic E-state index is 12.3. The van der Waals surface area contributed by atoms with Crippen LogP contribution < -0.4 is 0 Å². The highest BCUT2D eigenvalue weighted by molar-refractivity contribution is 6.63. The average Bonchev–Trinajstić information content (AvgIpc) is 2.45. The Bertz CT molecular complexity index is 633. The van der Waals surface area contributed by atoms with Crippen LogP contribution in [0.1, 0.15) is 27.9 Å². The normalized spacial score (nSPS) is 10.3. The average molecular weight is 307 g/mol. The molecule has 2 aromatic rings. The molecule has 0 heterocycles. The van der Waals surface area contributed by atoms with Gasteiger partial charge >= 0.3 is 0 Å². The Morgan fingerprint density at radius 3 is 2.30 bits per heavy atom. The van der Waals surface area contributed by atoms with Crippen molar-refractivity contribution in [2.45, 2.75) is 12.8 Å². The van der Waals surface area contributed by atoms with Crippen LogP contribution in [0.5, 0.6) is 0 Å². The summed E-state index contributed by atoms with van der Waals surface area (Å²) < 4.78 is 0. The Balaban J connectivity index is 2.19. The molecule has 0 spiro atoms. The lowest BCUT2D eigenvalue weighted by Crippen LogP contribution is -2.02. The lowest BCUT2D eigenvalue weighted by molar-refractivity contribution is -0.111. The highest BCUT2D eigenvalue weighted by Gasteiger charge is 2.09. The molecule has 0 saturated heterocycles. The minimum absolute atomic E-state index is 0.0688. The van der Waals surface area contributed by atoms with Crippen LogP contribution in [0.3, 0.4) is 0 Å². The van der Waals surface area contributed by atoms with E-state index in [1.807, 2.05) is 6.07 Å². The second-order valence-electron chi connectivity index (χ2n) is 4.39. The number of hydrogen-bond donors (Lipinski definition) is 0. The van der Waals surface area contributed by atoms with Gasteiger partial charge in [0.15, 0.2) is 5.78 Å². The topological polar surface area (TPSA) is 34.1 Å². The number of carbonyl (C=O) groups excluding carboxylic acids is 2. The van der Waals surface area contributed by atoms with Gasteiger partial charge in [0.25, 0.3) is 0 Å². The predicted molar refractivity (Wildman–Crippen MR) is 80.5 cm³/mol. The first-order valence-electron chi connectivity index (χ1n) is 6.14. The van der Waals surface area contributed by atoms with Crippen molar-refractivity contribution in [3.05, 3.63) is 70.2 Å². The third-order valence-corrected chi connectivity index (χ3v) is 3.35. The third kappa shape index (κ3) is 3.92. The number of halogens is 2. The fourth-order valence-corrected chi connectivity index (χ4v) is 2.10. The fourth-order valence-electron chi connectivity index (χ4n) is 1.88. The molecule has 0 fully saturated rings. The van der Waals surface area contributed by atoms with E-state index in [9.17, 15) is 9.59 Å². The van der Waals surface area contributed by atoms with Gasteiger partial charge in [-0.05, 0) is 53.9 Å². The highest BCUT2D eigenvalue weighted by Crippen LogP contribution is 2.15. The van der Waals surface area contributed by atoms with E-state index >= 15 is 0 Å². The Hall–Kier alpha value is -1.64. The van der Waals surface area contributed by atoms with Gasteiger partial charge in [-0.1, -0.05) is 29.8 Å². The van der Waals surface area contributed by atoms with E-state index in [4.69, 9.17) is 23.2 Å². The molecule has 0 saturated carbocycles. The molecule has 0 aliphatic rings. The Labute approximate surface area is 127 Å². The minimum atomic E-state index is -0.376. The first-order chi connectivity index (χ1) is 9.56. The zero-order valence-corrected chi connectivity index (χ0v) is 12.1. The quantitative estimate of drug-likeness (QED) is 0.610. The summed E-state index contributed by atoms with van der Waals surface area (Å²) in [4.78, 5) is 23.1. The van der Waals surface area contributed by atoms with Gasteiger partial charge in [0.1, 0.15) is 0 Å². The molecule has 2 aromatic carbocycles. The lowest BCUT2D eigenvalue weighted by atomic mass is 10.00. The highest BCUT2D eigenvalue weighted by atomic mass is 35.5. The molecule has 0 unspecified atom stereocenters. The summed E-state index contributed by atoms with van der Waals surface area (Å²) in [7, 11) is 0. The van der Waals surface area contributed by atoms with Crippen molar-refractivity contribution in [1.29, 1.82) is 0 Å². The molecule has 0 aliphatic carbocycles. The molecule has 2 rings (SSSR count). The molecular weight excluding hydrogens is 295 g/mol. The maximum Gasteiger partial charge on any atom is 0.221 e. The third-order valence-electron chi connectivity index (χ3n) is 2.91. The van der Waals surface area contributed by atoms with Crippen LogP contribution in [0.2, 0.25) is 5.02 Å². The van der Waals surface area contributed by atoms with Crippen molar-refractivity contribution in [3.8, 4) is 0 Å². The second-order valence-corrected chi connectivity index (χ2v) is 5.25. The van der Waals surface area contributed by atoms with Crippen LogP contribution in [-0.4, -0.2) is 11.0 Å². The molecule has 0 atom stereocenters. The zero-order valence-electron chi connectivity index (χ0n) is 10.6. The standard InChI is InChI=1S/C16H12Cl2O2/c17-14-7-5-12(6-8-14)16(20)13-3-1-2-11(10-13)4-9-15(18)19/h1-3,5-8,10H,4,9H2. The van der Waals surface area contributed by atoms with Gasteiger partial charge in [-0.15, -0.1) is 0 Å². The molecule has 0 aromatic heterocycles. The summed E-state index contributed by atoms with van der Waals surface area (Å²) in [6.07, 6.45) is 0.796. The van der Waals surface area contributed by atoms with Gasteiger partial charge in [0.05, 0.1) is 0 Å². The number of aryl methyl sites for hydroxylation is 1. The number of ketones is 1.